The predicted octanol–water partition coefficient (Wildman–Crippen LogP) is 3.47. The molecular formula is C22H20FN5O3S. The molecule has 0 spiro atoms. The zero-order chi connectivity index (χ0) is 22.1. The number of halogens is 1. The second-order valence-electron chi connectivity index (χ2n) is 7.60. The zero-order valence-electron chi connectivity index (χ0n) is 17.0. The Morgan fingerprint density at radius 1 is 1.12 bits per heavy atom. The molecule has 0 aliphatic carbocycles. The van der Waals surface area contributed by atoms with Crippen molar-refractivity contribution in [1.82, 2.24) is 24.6 Å². The van der Waals surface area contributed by atoms with E-state index < -0.39 is 0 Å². The summed E-state index contributed by atoms with van der Waals surface area (Å²) in [4.78, 5) is 29.8. The summed E-state index contributed by atoms with van der Waals surface area (Å²) in [5.74, 6) is 0.112. The first-order chi connectivity index (χ1) is 15.6. The minimum Gasteiger partial charge on any atom is -0.411 e. The average Bonchev–Trinajstić information content (AvgIpc) is 3.42. The van der Waals surface area contributed by atoms with Crippen LogP contribution in [0.3, 0.4) is 0 Å². The molecule has 0 saturated carbocycles. The van der Waals surface area contributed by atoms with Crippen molar-refractivity contribution in [2.24, 2.45) is 0 Å². The van der Waals surface area contributed by atoms with E-state index >= 15 is 0 Å². The number of aromatic amines is 1. The number of likely N-dealkylation sites (tertiary alicyclic amines) is 1. The number of nitrogens with one attached hydrogen (secondary N) is 1. The number of thioether (sulfide) groups is 1. The van der Waals surface area contributed by atoms with Crippen LogP contribution < -0.4 is 5.69 Å². The van der Waals surface area contributed by atoms with E-state index in [9.17, 15) is 14.0 Å². The van der Waals surface area contributed by atoms with Gasteiger partial charge in [-0.15, -0.1) is 10.2 Å². The van der Waals surface area contributed by atoms with Crippen LogP contribution in [0.1, 0.15) is 18.9 Å². The highest BCUT2D eigenvalue weighted by Gasteiger charge is 2.26. The number of imidazole rings is 1. The van der Waals surface area contributed by atoms with E-state index in [1.807, 2.05) is 24.3 Å². The van der Waals surface area contributed by atoms with E-state index in [4.69, 9.17) is 4.42 Å². The molecule has 0 unspecified atom stereocenters. The van der Waals surface area contributed by atoms with Gasteiger partial charge in [-0.1, -0.05) is 23.9 Å². The van der Waals surface area contributed by atoms with E-state index in [0.29, 0.717) is 31.5 Å². The Bertz CT molecular complexity index is 1310. The Balaban J connectivity index is 1.17. The molecule has 0 atom stereocenters. The second-order valence-corrected chi connectivity index (χ2v) is 8.52. The van der Waals surface area contributed by atoms with Crippen molar-refractivity contribution < 1.29 is 13.6 Å². The standard InChI is InChI=1S/C22H20FN5O3S/c23-15-7-5-14(6-8-15)20-25-26-22(31-20)32-13-19(29)27-11-9-16(10-12-27)28-18-4-2-1-3-17(18)24-21(28)30/h1-8,16H,9-13H2,(H,24,30). The number of carbonyl (C=O) groups excluding carboxylic acids is 1. The van der Waals surface area contributed by atoms with E-state index in [1.165, 1.54) is 23.9 Å². The molecule has 1 fully saturated rings. The maximum absolute atomic E-state index is 13.1. The molecule has 1 N–H and O–H groups in total. The SMILES string of the molecule is O=C(CSc1nnc(-c2ccc(F)cc2)o1)N1CCC(n2c(=O)[nH]c3ccccc32)CC1. The highest BCUT2D eigenvalue weighted by atomic mass is 32.2. The molecule has 4 aromatic rings. The van der Waals surface area contributed by atoms with Crippen molar-refractivity contribution in [2.45, 2.75) is 24.1 Å². The van der Waals surface area contributed by atoms with Crippen LogP contribution in [-0.4, -0.2) is 49.4 Å². The monoisotopic (exact) mass is 453 g/mol. The molecule has 2 aromatic carbocycles. The molecule has 1 aliphatic rings. The summed E-state index contributed by atoms with van der Waals surface area (Å²) in [5.41, 5.74) is 2.23. The smallest absolute Gasteiger partial charge is 0.326 e. The molecule has 1 saturated heterocycles. The minimum atomic E-state index is -0.341. The summed E-state index contributed by atoms with van der Waals surface area (Å²) in [6.07, 6.45) is 1.43. The van der Waals surface area contributed by atoms with Crippen LogP contribution in [0.5, 0.6) is 0 Å². The molecule has 164 valence electrons. The van der Waals surface area contributed by atoms with Gasteiger partial charge in [0, 0.05) is 24.7 Å². The summed E-state index contributed by atoms with van der Waals surface area (Å²) in [5, 5.41) is 8.20. The summed E-state index contributed by atoms with van der Waals surface area (Å²) < 4.78 is 20.4. The number of hydrogen-bond donors (Lipinski definition) is 1. The number of benzene rings is 2. The largest absolute Gasteiger partial charge is 0.411 e. The second kappa shape index (κ2) is 8.62. The third-order valence-corrected chi connectivity index (χ3v) is 6.43. The van der Waals surface area contributed by atoms with Crippen molar-refractivity contribution >= 4 is 28.7 Å². The lowest BCUT2D eigenvalue weighted by Gasteiger charge is -2.32. The summed E-state index contributed by atoms with van der Waals surface area (Å²) in [7, 11) is 0. The Morgan fingerprint density at radius 2 is 1.88 bits per heavy atom. The van der Waals surface area contributed by atoms with Gasteiger partial charge in [0.05, 0.1) is 16.8 Å². The van der Waals surface area contributed by atoms with Gasteiger partial charge >= 0.3 is 5.69 Å². The van der Waals surface area contributed by atoms with Crippen LogP contribution in [0.2, 0.25) is 0 Å². The maximum atomic E-state index is 13.1. The van der Waals surface area contributed by atoms with Crippen molar-refractivity contribution in [2.75, 3.05) is 18.8 Å². The van der Waals surface area contributed by atoms with Crippen LogP contribution in [-0.2, 0) is 4.79 Å². The molecule has 1 amide bonds. The topological polar surface area (TPSA) is 97.0 Å². The van der Waals surface area contributed by atoms with Crippen LogP contribution in [0, 0.1) is 5.82 Å². The molecule has 0 radical (unpaired) electrons. The van der Waals surface area contributed by atoms with Crippen LogP contribution in [0.4, 0.5) is 4.39 Å². The molecule has 10 heteroatoms. The molecule has 0 bridgehead atoms. The van der Waals surface area contributed by atoms with Crippen LogP contribution in [0.25, 0.3) is 22.5 Å². The molecule has 5 rings (SSSR count). The van der Waals surface area contributed by atoms with Crippen molar-refractivity contribution in [1.29, 1.82) is 0 Å². The quantitative estimate of drug-likeness (QED) is 0.465. The van der Waals surface area contributed by atoms with Crippen molar-refractivity contribution in [3.05, 3.63) is 64.8 Å². The number of para-hydroxylation sites is 2. The minimum absolute atomic E-state index is 0.0127. The number of rotatable bonds is 5. The average molecular weight is 453 g/mol. The molecule has 32 heavy (non-hydrogen) atoms. The van der Waals surface area contributed by atoms with E-state index in [0.717, 1.165) is 11.0 Å². The first kappa shape index (κ1) is 20.5. The van der Waals surface area contributed by atoms with Gasteiger partial charge in [0.1, 0.15) is 5.82 Å². The number of fused-ring (bicyclic) bond motifs is 1. The number of hydrogen-bond acceptors (Lipinski definition) is 6. The van der Waals surface area contributed by atoms with E-state index in [-0.39, 0.29) is 40.3 Å². The third kappa shape index (κ3) is 4.05. The fourth-order valence-corrected chi connectivity index (χ4v) is 4.67. The van der Waals surface area contributed by atoms with Gasteiger partial charge in [0.15, 0.2) is 0 Å². The lowest BCUT2D eigenvalue weighted by molar-refractivity contribution is -0.129. The van der Waals surface area contributed by atoms with E-state index in [1.54, 1.807) is 21.6 Å². The molecule has 3 heterocycles. The third-order valence-electron chi connectivity index (χ3n) is 5.62. The van der Waals surface area contributed by atoms with Gasteiger partial charge in [-0.2, -0.15) is 0 Å². The van der Waals surface area contributed by atoms with E-state index in [2.05, 4.69) is 15.2 Å². The zero-order valence-corrected chi connectivity index (χ0v) is 17.8. The van der Waals surface area contributed by atoms with Crippen LogP contribution >= 0.6 is 11.8 Å². The lowest BCUT2D eigenvalue weighted by Crippen LogP contribution is -2.41. The highest BCUT2D eigenvalue weighted by molar-refractivity contribution is 7.99. The van der Waals surface area contributed by atoms with Crippen molar-refractivity contribution in [3.8, 4) is 11.5 Å². The van der Waals surface area contributed by atoms with Gasteiger partial charge < -0.3 is 14.3 Å². The maximum Gasteiger partial charge on any atom is 0.326 e. The number of nitrogens with zero attached hydrogens (tertiary/aromatic N) is 4. The Hall–Kier alpha value is -3.40. The van der Waals surface area contributed by atoms with Crippen LogP contribution in [0.15, 0.2) is 63.0 Å². The summed E-state index contributed by atoms with van der Waals surface area (Å²) in [6, 6.07) is 13.5. The van der Waals surface area contributed by atoms with Gasteiger partial charge in [0.25, 0.3) is 5.22 Å². The molecule has 1 aliphatic heterocycles. The summed E-state index contributed by atoms with van der Waals surface area (Å²) in [6.45, 7) is 1.17. The number of carbonyl (C=O) groups is 1. The van der Waals surface area contributed by atoms with Gasteiger partial charge in [-0.25, -0.2) is 9.18 Å². The van der Waals surface area contributed by atoms with Gasteiger partial charge in [-0.3, -0.25) is 9.36 Å². The number of aromatic nitrogens is 4. The Kier molecular flexibility index (Phi) is 5.52. The first-order valence-corrected chi connectivity index (χ1v) is 11.3. The van der Waals surface area contributed by atoms with Crippen molar-refractivity contribution in [3.63, 3.8) is 0 Å². The fraction of sp³-hybridized carbons (Fsp3) is 0.273. The fourth-order valence-electron chi connectivity index (χ4n) is 4.00. The Morgan fingerprint density at radius 3 is 2.66 bits per heavy atom. The molecule has 8 nitrogen and oxygen atoms in total. The Labute approximate surface area is 186 Å². The number of amides is 1. The first-order valence-electron chi connectivity index (χ1n) is 10.3. The molecule has 2 aromatic heterocycles. The predicted molar refractivity (Wildman–Crippen MR) is 118 cm³/mol. The van der Waals surface area contributed by atoms with Gasteiger partial charge in [-0.05, 0) is 49.2 Å². The summed E-state index contributed by atoms with van der Waals surface area (Å²) >= 11 is 1.18. The lowest BCUT2D eigenvalue weighted by atomic mass is 10.0. The van der Waals surface area contributed by atoms with Gasteiger partial charge in [0.2, 0.25) is 11.8 Å². The highest BCUT2D eigenvalue weighted by Crippen LogP contribution is 2.27. The molecular weight excluding hydrogens is 433 g/mol. The number of H-pyrrole nitrogens is 1. The number of piperidine rings is 1. The normalized spacial score (nSPS) is 14.8.